The van der Waals surface area contributed by atoms with E-state index in [0.29, 0.717) is 5.56 Å². The number of amides is 9. The molecule has 9 amide bonds. The van der Waals surface area contributed by atoms with Gasteiger partial charge in [0.1, 0.15) is 48.3 Å². The average Bonchev–Trinajstić information content (AvgIpc) is 3.39. The number of carbonyl (C=O) groups is 9. The lowest BCUT2D eigenvalue weighted by atomic mass is 10.00. The van der Waals surface area contributed by atoms with E-state index in [9.17, 15) is 43.2 Å². The third kappa shape index (κ3) is 19.8. The fourth-order valence-corrected chi connectivity index (χ4v) is 8.53. The second-order valence-electron chi connectivity index (χ2n) is 19.7. The highest BCUT2D eigenvalue weighted by molar-refractivity contribution is 6.00. The Hall–Kier alpha value is -7.27. The summed E-state index contributed by atoms with van der Waals surface area (Å²) in [5.74, 6) is -7.03. The van der Waals surface area contributed by atoms with E-state index in [-0.39, 0.29) is 101 Å². The number of hydrogen-bond donors (Lipinski definition) is 13. The van der Waals surface area contributed by atoms with E-state index in [1.165, 1.54) is 0 Å². The molecule has 22 heteroatoms. The third-order valence-corrected chi connectivity index (χ3v) is 12.6. The maximum Gasteiger partial charge on any atom is 0.251 e. The molecule has 1 fully saturated rings. The van der Waals surface area contributed by atoms with Gasteiger partial charge in [0.15, 0.2) is 0 Å². The number of benzene rings is 3. The summed E-state index contributed by atoms with van der Waals surface area (Å²) in [5, 5.41) is 24.4. The Morgan fingerprint density at radius 3 is 1.42 bits per heavy atom. The molecule has 8 atom stereocenters. The van der Waals surface area contributed by atoms with Gasteiger partial charge in [-0.2, -0.15) is 0 Å². The molecule has 0 spiro atoms. The lowest BCUT2D eigenvalue weighted by Gasteiger charge is -2.28. The van der Waals surface area contributed by atoms with Crippen molar-refractivity contribution in [1.29, 1.82) is 0 Å². The minimum Gasteiger partial charge on any atom is -0.354 e. The van der Waals surface area contributed by atoms with E-state index in [4.69, 9.17) is 22.9 Å². The fourth-order valence-electron chi connectivity index (χ4n) is 8.53. The van der Waals surface area contributed by atoms with Crippen LogP contribution in [0.15, 0.2) is 84.9 Å². The van der Waals surface area contributed by atoms with Crippen molar-refractivity contribution < 1.29 is 43.2 Å². The van der Waals surface area contributed by atoms with Crippen LogP contribution < -0.4 is 70.8 Å². The normalized spacial score (nSPS) is 22.2. The highest BCUT2D eigenvalue weighted by Gasteiger charge is 2.35. The molecule has 0 aliphatic carbocycles. The Balaban J connectivity index is 1.73. The van der Waals surface area contributed by atoms with Crippen molar-refractivity contribution in [2.75, 3.05) is 32.7 Å². The summed E-state index contributed by atoms with van der Waals surface area (Å²) in [6.45, 7) is 6.83. The van der Waals surface area contributed by atoms with E-state index < -0.39 is 101 Å². The summed E-state index contributed by atoms with van der Waals surface area (Å²) in [5.41, 5.74) is 26.4. The van der Waals surface area contributed by atoms with E-state index in [1.807, 2.05) is 58.0 Å². The first-order chi connectivity index (χ1) is 36.4. The molecule has 1 aliphatic rings. The van der Waals surface area contributed by atoms with Crippen LogP contribution in [0.25, 0.3) is 11.1 Å². The van der Waals surface area contributed by atoms with E-state index in [2.05, 4.69) is 47.9 Å². The van der Waals surface area contributed by atoms with Crippen LogP contribution in [0.1, 0.15) is 88.6 Å². The third-order valence-electron chi connectivity index (χ3n) is 12.6. The van der Waals surface area contributed by atoms with Crippen molar-refractivity contribution in [2.24, 2.45) is 34.8 Å². The van der Waals surface area contributed by atoms with Gasteiger partial charge in [0.05, 0.1) is 0 Å². The van der Waals surface area contributed by atoms with Crippen LogP contribution in [0.4, 0.5) is 0 Å². The molecule has 0 radical (unpaired) electrons. The zero-order valence-electron chi connectivity index (χ0n) is 44.0. The van der Waals surface area contributed by atoms with Gasteiger partial charge in [0.25, 0.3) is 5.91 Å². The summed E-state index contributed by atoms with van der Waals surface area (Å²) in [4.78, 5) is 127. The number of rotatable bonds is 19. The summed E-state index contributed by atoms with van der Waals surface area (Å²) < 4.78 is 0. The van der Waals surface area contributed by atoms with Crippen LogP contribution in [0, 0.1) is 11.8 Å². The largest absolute Gasteiger partial charge is 0.354 e. The number of nitrogens with two attached hydrogens (primary N) is 4. The van der Waals surface area contributed by atoms with Gasteiger partial charge in [0.2, 0.25) is 47.3 Å². The van der Waals surface area contributed by atoms with Crippen LogP contribution in [-0.2, 0) is 44.8 Å². The van der Waals surface area contributed by atoms with Crippen molar-refractivity contribution >= 4 is 53.2 Å². The average molecular weight is 1050 g/mol. The molecule has 0 unspecified atom stereocenters. The Bertz CT molecular complexity index is 2390. The lowest BCUT2D eigenvalue weighted by Crippen LogP contribution is -2.61. The Kier molecular flexibility index (Phi) is 25.5. The van der Waals surface area contributed by atoms with E-state index in [1.54, 1.807) is 54.6 Å². The first-order valence-electron chi connectivity index (χ1n) is 26.1. The van der Waals surface area contributed by atoms with Crippen molar-refractivity contribution in [3.8, 4) is 11.1 Å². The molecule has 22 nitrogen and oxygen atoms in total. The van der Waals surface area contributed by atoms with Gasteiger partial charge in [-0.3, -0.25) is 43.2 Å². The predicted molar refractivity (Wildman–Crippen MR) is 288 cm³/mol. The number of carbonyl (C=O) groups excluding carboxylic acids is 9. The molecule has 17 N–H and O–H groups in total. The molecule has 0 saturated carbocycles. The van der Waals surface area contributed by atoms with Crippen LogP contribution in [0.3, 0.4) is 0 Å². The van der Waals surface area contributed by atoms with Crippen molar-refractivity contribution in [1.82, 2.24) is 47.9 Å². The summed E-state index contributed by atoms with van der Waals surface area (Å²) in [6, 6.07) is 14.8. The van der Waals surface area contributed by atoms with E-state index >= 15 is 0 Å². The minimum absolute atomic E-state index is 0.0349. The van der Waals surface area contributed by atoms with Crippen LogP contribution in [0.2, 0.25) is 0 Å². The standard InChI is InChI=1S/C54H79N13O9/c1-32(2)29-43-47(69)59-28-23-42(64-48(70)38(19-24-55)60-46(68)37-17-15-36(16-18-37)35-13-9-6-10-14-35)52(74)62-41(22-27-58)51(73)66-44(30-33(3)4)53(75)67-45(31-34-11-7-5-8-12-34)54(76)63-39(20-25-56)49(71)61-40(21-26-57)50(72)65-43/h5-18,32-33,38-45H,19-31,55-58H2,1-4H3,(H,59,69)(H,60,68)(H,61,71)(H,62,74)(H,63,76)(H,64,70)(H,65,72)(H,66,73)(H,67,75)/t38-,39+,40+,41+,42+,43+,44-,45+/m1/s1. The molecule has 1 aliphatic heterocycles. The summed E-state index contributed by atoms with van der Waals surface area (Å²) >= 11 is 0. The van der Waals surface area contributed by atoms with Gasteiger partial charge >= 0.3 is 0 Å². The Labute approximate surface area is 444 Å². The van der Waals surface area contributed by atoms with E-state index in [0.717, 1.165) is 11.1 Å². The Morgan fingerprint density at radius 2 is 0.934 bits per heavy atom. The van der Waals surface area contributed by atoms with Crippen molar-refractivity contribution in [3.63, 3.8) is 0 Å². The maximum atomic E-state index is 14.4. The minimum atomic E-state index is -1.46. The predicted octanol–water partition coefficient (Wildman–Crippen LogP) is -0.904. The maximum absolute atomic E-state index is 14.4. The number of nitrogens with one attached hydrogen (secondary N) is 9. The lowest BCUT2D eigenvalue weighted by molar-refractivity contribution is -0.136. The molecule has 1 heterocycles. The van der Waals surface area contributed by atoms with Crippen LogP contribution in [-0.4, -0.2) is 134 Å². The van der Waals surface area contributed by atoms with Crippen LogP contribution in [0.5, 0.6) is 0 Å². The van der Waals surface area contributed by atoms with Crippen molar-refractivity contribution in [3.05, 3.63) is 96.1 Å². The Morgan fingerprint density at radius 1 is 0.513 bits per heavy atom. The molecular formula is C54H79N13O9. The highest BCUT2D eigenvalue weighted by Crippen LogP contribution is 2.20. The smallest absolute Gasteiger partial charge is 0.251 e. The van der Waals surface area contributed by atoms with Crippen molar-refractivity contribution in [2.45, 2.75) is 127 Å². The molecule has 3 aromatic rings. The summed E-state index contributed by atoms with van der Waals surface area (Å²) in [6.07, 6.45) is -0.338. The van der Waals surface area contributed by atoms with Gasteiger partial charge in [-0.15, -0.1) is 0 Å². The molecule has 1 saturated heterocycles. The molecular weight excluding hydrogens is 975 g/mol. The molecule has 3 aromatic carbocycles. The fraction of sp³-hybridized carbons (Fsp3) is 0.500. The molecule has 414 valence electrons. The second kappa shape index (κ2) is 31.6. The molecule has 4 rings (SSSR count). The topological polar surface area (TPSA) is 366 Å². The first-order valence-corrected chi connectivity index (χ1v) is 26.1. The van der Waals surface area contributed by atoms with Gasteiger partial charge in [-0.05, 0) is 112 Å². The van der Waals surface area contributed by atoms with Gasteiger partial charge in [-0.25, -0.2) is 0 Å². The zero-order chi connectivity index (χ0) is 55.7. The van der Waals surface area contributed by atoms with Gasteiger partial charge < -0.3 is 70.8 Å². The molecule has 0 aromatic heterocycles. The molecule has 76 heavy (non-hydrogen) atoms. The second-order valence-corrected chi connectivity index (χ2v) is 19.7. The number of hydrogen-bond acceptors (Lipinski definition) is 13. The van der Waals surface area contributed by atoms with Crippen LogP contribution >= 0.6 is 0 Å². The highest BCUT2D eigenvalue weighted by atomic mass is 16.2. The van der Waals surface area contributed by atoms with Gasteiger partial charge in [0, 0.05) is 18.5 Å². The first kappa shape index (κ1) is 61.3. The monoisotopic (exact) mass is 1050 g/mol. The summed E-state index contributed by atoms with van der Waals surface area (Å²) in [7, 11) is 0. The zero-order valence-corrected chi connectivity index (χ0v) is 44.0. The van der Waals surface area contributed by atoms with Gasteiger partial charge in [-0.1, -0.05) is 100 Å². The SMILES string of the molecule is CC(C)C[C@@H]1NC(=O)[C@H](CCN)NC(=O)[C@H](CCN)NC(=O)[C@H](Cc2ccccc2)NC(=O)[C@@H](CC(C)C)NC(=O)[C@H](CCN)NC(=O)[C@@H](NC(=O)[C@@H](CCN)NC(=O)c2ccc(-c3ccccc3)cc2)CCNC1=O. The quantitative estimate of drug-likeness (QED) is 0.0693. The molecule has 0 bridgehead atoms.